The first-order valence-corrected chi connectivity index (χ1v) is 8.51. The van der Waals surface area contributed by atoms with E-state index in [0.29, 0.717) is 0 Å². The van der Waals surface area contributed by atoms with Gasteiger partial charge in [0.15, 0.2) is 0 Å². The highest BCUT2D eigenvalue weighted by Crippen LogP contribution is 2.53. The molecule has 13 heteroatoms. The van der Waals surface area contributed by atoms with Crippen molar-refractivity contribution in [2.45, 2.75) is 23.7 Å². The summed E-state index contributed by atoms with van der Waals surface area (Å²) in [5, 5.41) is 12.3. The number of rotatable bonds is 6. The van der Waals surface area contributed by atoms with Crippen LogP contribution in [0.3, 0.4) is 0 Å². The largest absolute Gasteiger partial charge is 0.457 e. The maximum absolute atomic E-state index is 13.1. The molecule has 0 aromatic heterocycles. The van der Waals surface area contributed by atoms with Crippen LogP contribution in [0.4, 0.5) is 26.3 Å². The topological polar surface area (TPSA) is 85.0 Å². The van der Waals surface area contributed by atoms with Crippen molar-refractivity contribution in [1.29, 1.82) is 0 Å². The Morgan fingerprint density at radius 3 is 1.87 bits per heavy atom. The van der Waals surface area contributed by atoms with E-state index in [0.717, 1.165) is 24.3 Å². The molecule has 2 aromatic rings. The molecule has 0 unspecified atom stereocenters. The van der Waals surface area contributed by atoms with Crippen LogP contribution < -0.4 is 4.74 Å². The molecule has 0 N–H and O–H groups in total. The van der Waals surface area contributed by atoms with Gasteiger partial charge >= 0.3 is 29.6 Å². The second-order valence-electron chi connectivity index (χ2n) is 6.54. The Balaban J connectivity index is 1.35. The summed E-state index contributed by atoms with van der Waals surface area (Å²) in [5.41, 5.74) is -5.94. The number of carbonyl (C=O) groups is 1. The fraction of sp³-hybridized carbons (Fsp3) is 0.278. The molecule has 0 radical (unpaired) electrons. The van der Waals surface area contributed by atoms with E-state index >= 15 is 0 Å². The van der Waals surface area contributed by atoms with Crippen LogP contribution in [0, 0.1) is 0 Å². The van der Waals surface area contributed by atoms with Gasteiger partial charge in [-0.3, -0.25) is 0 Å². The summed E-state index contributed by atoms with van der Waals surface area (Å²) in [5.74, 6) is -0.877. The molecule has 0 saturated carbocycles. The molecule has 7 nitrogen and oxygen atoms in total. The highest BCUT2D eigenvalue weighted by atomic mass is 19.4. The molecule has 31 heavy (non-hydrogen) atoms. The van der Waals surface area contributed by atoms with Crippen LogP contribution in [-0.4, -0.2) is 25.1 Å². The van der Waals surface area contributed by atoms with Gasteiger partial charge in [-0.1, -0.05) is 24.3 Å². The lowest BCUT2D eigenvalue weighted by Gasteiger charge is -2.15. The average Bonchev–Trinajstić information content (AvgIpc) is 3.60. The third-order valence-electron chi connectivity index (χ3n) is 4.56. The molecule has 0 bridgehead atoms. The van der Waals surface area contributed by atoms with Gasteiger partial charge in [0.1, 0.15) is 5.75 Å². The normalized spacial score (nSPS) is 17.9. The van der Waals surface area contributed by atoms with Crippen LogP contribution in [0.5, 0.6) is 5.75 Å². The Hall–Kier alpha value is -3.51. The highest BCUT2D eigenvalue weighted by Gasteiger charge is 2.66. The molecular formula is C18H10F6N4O3. The second-order valence-corrected chi connectivity index (χ2v) is 6.54. The summed E-state index contributed by atoms with van der Waals surface area (Å²) in [6.07, 6.45) is -9.40. The standard InChI is InChI=1S/C18H10F6N4O3/c19-17(20,21)15(25-26-15)11-4-6-13(7-5-11)30-9-31-14(29)10-2-1-3-12(8-10)16(27-28-16)18(22,23)24/h1-8H,9H2. The average molecular weight is 444 g/mol. The molecule has 2 aromatic carbocycles. The number of nitrogens with zero attached hydrogens (tertiary/aromatic N) is 4. The summed E-state index contributed by atoms with van der Waals surface area (Å²) in [6, 6.07) is 9.23. The molecule has 2 heterocycles. The Morgan fingerprint density at radius 1 is 0.806 bits per heavy atom. The van der Waals surface area contributed by atoms with E-state index in [1.54, 1.807) is 0 Å². The third-order valence-corrected chi connectivity index (χ3v) is 4.56. The molecule has 0 spiro atoms. The predicted octanol–water partition coefficient (Wildman–Crippen LogP) is 5.24. The summed E-state index contributed by atoms with van der Waals surface area (Å²) in [6.45, 7) is -0.624. The number of hydrogen-bond acceptors (Lipinski definition) is 7. The van der Waals surface area contributed by atoms with Crippen molar-refractivity contribution >= 4 is 5.97 Å². The fourth-order valence-electron chi connectivity index (χ4n) is 2.77. The quantitative estimate of drug-likeness (QED) is 0.347. The molecule has 4 rings (SSSR count). The lowest BCUT2D eigenvalue weighted by Crippen LogP contribution is -2.30. The minimum absolute atomic E-state index is 0.0925. The lowest BCUT2D eigenvalue weighted by molar-refractivity contribution is -0.166. The van der Waals surface area contributed by atoms with Gasteiger partial charge in [0, 0.05) is 11.1 Å². The number of benzene rings is 2. The van der Waals surface area contributed by atoms with Gasteiger partial charge in [0.05, 0.1) is 5.56 Å². The molecule has 0 amide bonds. The zero-order chi connectivity index (χ0) is 22.5. The molecular weight excluding hydrogens is 434 g/mol. The molecule has 0 saturated heterocycles. The molecule has 0 fully saturated rings. The fourth-order valence-corrected chi connectivity index (χ4v) is 2.77. The monoisotopic (exact) mass is 444 g/mol. The minimum atomic E-state index is -4.74. The summed E-state index contributed by atoms with van der Waals surface area (Å²) in [4.78, 5) is 12.1. The van der Waals surface area contributed by atoms with E-state index < -0.39 is 36.4 Å². The first kappa shape index (κ1) is 20.8. The number of ether oxygens (including phenoxy) is 2. The molecule has 2 aliphatic rings. The van der Waals surface area contributed by atoms with Crippen molar-refractivity contribution in [3.05, 3.63) is 65.2 Å². The zero-order valence-corrected chi connectivity index (χ0v) is 15.1. The van der Waals surface area contributed by atoms with Crippen LogP contribution in [0.15, 0.2) is 69.0 Å². The molecule has 162 valence electrons. The Kier molecular flexibility index (Phi) is 4.52. The zero-order valence-electron chi connectivity index (χ0n) is 15.1. The smallest absolute Gasteiger partial charge is 0.442 e. The van der Waals surface area contributed by atoms with Gasteiger partial charge in [-0.15, -0.1) is 20.5 Å². The maximum Gasteiger partial charge on any atom is 0.442 e. The Bertz CT molecular complexity index is 1070. The van der Waals surface area contributed by atoms with Crippen molar-refractivity contribution in [3.8, 4) is 5.75 Å². The van der Waals surface area contributed by atoms with E-state index in [9.17, 15) is 31.1 Å². The van der Waals surface area contributed by atoms with Gasteiger partial charge in [0.25, 0.3) is 0 Å². The maximum atomic E-state index is 13.1. The number of hydrogen-bond donors (Lipinski definition) is 0. The number of carbonyl (C=O) groups excluding carboxylic acids is 1. The third kappa shape index (κ3) is 3.59. The summed E-state index contributed by atoms with van der Waals surface area (Å²) >= 11 is 0. The molecule has 0 atom stereocenters. The predicted molar refractivity (Wildman–Crippen MR) is 89.0 cm³/mol. The van der Waals surface area contributed by atoms with E-state index in [1.165, 1.54) is 24.3 Å². The van der Waals surface area contributed by atoms with Crippen molar-refractivity contribution in [2.75, 3.05) is 6.79 Å². The van der Waals surface area contributed by atoms with E-state index in [2.05, 4.69) is 20.5 Å². The van der Waals surface area contributed by atoms with Crippen LogP contribution in [0.1, 0.15) is 21.5 Å². The van der Waals surface area contributed by atoms with Crippen LogP contribution in [0.25, 0.3) is 0 Å². The Labute approximate surface area is 169 Å². The first-order valence-electron chi connectivity index (χ1n) is 8.51. The van der Waals surface area contributed by atoms with Gasteiger partial charge in [-0.2, -0.15) is 26.3 Å². The minimum Gasteiger partial charge on any atom is -0.457 e. The SMILES string of the molecule is O=C(OCOc1ccc(C2(C(F)(F)F)N=N2)cc1)c1cccc(C2(C(F)(F)F)N=N2)c1. The van der Waals surface area contributed by atoms with Crippen molar-refractivity contribution < 1.29 is 40.6 Å². The number of halogens is 6. The van der Waals surface area contributed by atoms with Crippen LogP contribution in [0.2, 0.25) is 0 Å². The van der Waals surface area contributed by atoms with Gasteiger partial charge in [-0.25, -0.2) is 4.79 Å². The summed E-state index contributed by atoms with van der Waals surface area (Å²) in [7, 11) is 0. The van der Waals surface area contributed by atoms with E-state index in [-0.39, 0.29) is 22.4 Å². The second kappa shape index (κ2) is 6.75. The van der Waals surface area contributed by atoms with Crippen molar-refractivity contribution in [2.24, 2.45) is 20.5 Å². The molecule has 2 aliphatic heterocycles. The first-order chi connectivity index (χ1) is 14.5. The van der Waals surface area contributed by atoms with Crippen LogP contribution in [-0.2, 0) is 16.1 Å². The lowest BCUT2D eigenvalue weighted by atomic mass is 10.0. The van der Waals surface area contributed by atoms with Gasteiger partial charge in [-0.05, 0) is 24.3 Å². The number of esters is 1. The van der Waals surface area contributed by atoms with E-state index in [1.807, 2.05) is 0 Å². The van der Waals surface area contributed by atoms with Crippen molar-refractivity contribution in [1.82, 2.24) is 0 Å². The van der Waals surface area contributed by atoms with Crippen LogP contribution >= 0.6 is 0 Å². The van der Waals surface area contributed by atoms with E-state index in [4.69, 9.17) is 9.47 Å². The Morgan fingerprint density at radius 2 is 1.35 bits per heavy atom. The van der Waals surface area contributed by atoms with Gasteiger partial charge in [0.2, 0.25) is 6.79 Å². The van der Waals surface area contributed by atoms with Crippen molar-refractivity contribution in [3.63, 3.8) is 0 Å². The number of alkyl halides is 6. The highest BCUT2D eigenvalue weighted by molar-refractivity contribution is 5.89. The van der Waals surface area contributed by atoms with Gasteiger partial charge < -0.3 is 9.47 Å². The summed E-state index contributed by atoms with van der Waals surface area (Å²) < 4.78 is 88.1. The molecule has 0 aliphatic carbocycles.